The third kappa shape index (κ3) is 4.17. The molecule has 0 radical (unpaired) electrons. The fraction of sp³-hybridized carbons (Fsp3) is 0.286. The summed E-state index contributed by atoms with van der Waals surface area (Å²) in [6.45, 7) is -1.32. The molecule has 0 aliphatic rings. The number of aromatic nitrogens is 1. The van der Waals surface area contributed by atoms with E-state index < -0.39 is 18.6 Å². The molecule has 7 heteroatoms. The number of pyridine rings is 1. The van der Waals surface area contributed by atoms with E-state index >= 15 is 0 Å². The molecule has 1 aromatic carbocycles. The van der Waals surface area contributed by atoms with E-state index in [0.717, 1.165) is 10.3 Å². The molecule has 0 bridgehead atoms. The lowest BCUT2D eigenvalue weighted by Crippen LogP contribution is -2.40. The van der Waals surface area contributed by atoms with Crippen LogP contribution in [0, 0.1) is 0 Å². The van der Waals surface area contributed by atoms with Crippen molar-refractivity contribution >= 4 is 32.7 Å². The van der Waals surface area contributed by atoms with Gasteiger partial charge in [-0.25, -0.2) is 4.98 Å². The highest BCUT2D eigenvalue weighted by atomic mass is 79.9. The van der Waals surface area contributed by atoms with Crippen LogP contribution in [0.3, 0.4) is 0 Å². The van der Waals surface area contributed by atoms with Crippen LogP contribution >= 0.6 is 15.9 Å². The number of alkyl halides is 4. The molecule has 0 fully saturated rings. The molecule has 3 nitrogen and oxygen atoms in total. The molecular formula is C14H12BrF3N2O. The van der Waals surface area contributed by atoms with Crippen LogP contribution in [-0.4, -0.2) is 40.4 Å². The van der Waals surface area contributed by atoms with Gasteiger partial charge in [0.2, 0.25) is 0 Å². The zero-order valence-corrected chi connectivity index (χ0v) is 12.5. The number of nitrogens with zero attached hydrogens (tertiary/aromatic N) is 2. The highest BCUT2D eigenvalue weighted by Gasteiger charge is 2.33. The molecule has 2 aromatic rings. The van der Waals surface area contributed by atoms with Gasteiger partial charge in [-0.05, 0) is 12.1 Å². The SMILES string of the molecule is O=C(c1ccc2ccccc2n1)N(CCBr)CC(F)(F)F. The van der Waals surface area contributed by atoms with Crippen LogP contribution in [0.15, 0.2) is 36.4 Å². The maximum atomic E-state index is 12.5. The zero-order chi connectivity index (χ0) is 15.5. The molecule has 0 saturated heterocycles. The minimum Gasteiger partial charge on any atom is -0.327 e. The van der Waals surface area contributed by atoms with E-state index in [1.165, 1.54) is 6.07 Å². The van der Waals surface area contributed by atoms with E-state index in [1.807, 2.05) is 12.1 Å². The van der Waals surface area contributed by atoms with E-state index in [1.54, 1.807) is 18.2 Å². The minimum atomic E-state index is -4.44. The summed E-state index contributed by atoms with van der Waals surface area (Å²) in [6, 6.07) is 10.2. The summed E-state index contributed by atoms with van der Waals surface area (Å²) in [7, 11) is 0. The second kappa shape index (κ2) is 6.43. The maximum absolute atomic E-state index is 12.5. The van der Waals surface area contributed by atoms with Crippen molar-refractivity contribution in [3.8, 4) is 0 Å². The number of carbonyl (C=O) groups excluding carboxylic acids is 1. The summed E-state index contributed by atoms with van der Waals surface area (Å²) in [5.41, 5.74) is 0.591. The smallest absolute Gasteiger partial charge is 0.327 e. The van der Waals surface area contributed by atoms with Crippen molar-refractivity contribution in [3.63, 3.8) is 0 Å². The van der Waals surface area contributed by atoms with E-state index in [4.69, 9.17) is 0 Å². The van der Waals surface area contributed by atoms with Crippen molar-refractivity contribution in [3.05, 3.63) is 42.1 Å². The van der Waals surface area contributed by atoms with Gasteiger partial charge in [-0.3, -0.25) is 4.79 Å². The summed E-state index contributed by atoms with van der Waals surface area (Å²) in [6.07, 6.45) is -4.44. The Hall–Kier alpha value is -1.63. The third-order valence-electron chi connectivity index (χ3n) is 2.83. The molecule has 0 unspecified atom stereocenters. The highest BCUT2D eigenvalue weighted by Crippen LogP contribution is 2.19. The maximum Gasteiger partial charge on any atom is 0.406 e. The molecule has 0 saturated carbocycles. The van der Waals surface area contributed by atoms with Crippen molar-refractivity contribution in [2.45, 2.75) is 6.18 Å². The van der Waals surface area contributed by atoms with Crippen molar-refractivity contribution in [1.29, 1.82) is 0 Å². The predicted molar refractivity (Wildman–Crippen MR) is 77.5 cm³/mol. The monoisotopic (exact) mass is 360 g/mol. The first-order chi connectivity index (χ1) is 9.90. The largest absolute Gasteiger partial charge is 0.406 e. The fourth-order valence-electron chi connectivity index (χ4n) is 1.92. The number of halogens is 4. The fourth-order valence-corrected chi connectivity index (χ4v) is 2.35. The first-order valence-corrected chi connectivity index (χ1v) is 7.30. The molecule has 0 atom stereocenters. The van der Waals surface area contributed by atoms with Crippen LogP contribution in [0.4, 0.5) is 13.2 Å². The number of amides is 1. The van der Waals surface area contributed by atoms with Gasteiger partial charge in [-0.15, -0.1) is 0 Å². The Labute approximate surface area is 127 Å². The Morgan fingerprint density at radius 2 is 1.90 bits per heavy atom. The molecule has 1 amide bonds. The van der Waals surface area contributed by atoms with Gasteiger partial charge in [0.15, 0.2) is 0 Å². The average Bonchev–Trinajstić information content (AvgIpc) is 2.44. The van der Waals surface area contributed by atoms with E-state index in [9.17, 15) is 18.0 Å². The Balaban J connectivity index is 2.29. The summed E-state index contributed by atoms with van der Waals surface area (Å²) in [5, 5.41) is 1.10. The molecule has 0 aliphatic heterocycles. The predicted octanol–water partition coefficient (Wildman–Crippen LogP) is 3.63. The van der Waals surface area contributed by atoms with Gasteiger partial charge >= 0.3 is 6.18 Å². The highest BCUT2D eigenvalue weighted by molar-refractivity contribution is 9.09. The normalized spacial score (nSPS) is 11.6. The minimum absolute atomic E-state index is 0.0129. The Bertz CT molecular complexity index is 645. The van der Waals surface area contributed by atoms with Gasteiger partial charge in [0.1, 0.15) is 12.2 Å². The van der Waals surface area contributed by atoms with Crippen molar-refractivity contribution < 1.29 is 18.0 Å². The number of carbonyl (C=O) groups is 1. The van der Waals surface area contributed by atoms with Gasteiger partial charge in [-0.2, -0.15) is 13.2 Å². The zero-order valence-electron chi connectivity index (χ0n) is 10.9. The van der Waals surface area contributed by atoms with Gasteiger partial charge in [0, 0.05) is 17.3 Å². The molecule has 0 N–H and O–H groups in total. The first-order valence-electron chi connectivity index (χ1n) is 6.18. The lowest BCUT2D eigenvalue weighted by Gasteiger charge is -2.22. The van der Waals surface area contributed by atoms with Crippen LogP contribution in [0.1, 0.15) is 10.5 Å². The summed E-state index contributed by atoms with van der Waals surface area (Å²) >= 11 is 3.06. The third-order valence-corrected chi connectivity index (χ3v) is 3.18. The topological polar surface area (TPSA) is 33.2 Å². The quantitative estimate of drug-likeness (QED) is 0.780. The number of benzene rings is 1. The molecule has 2 rings (SSSR count). The van der Waals surface area contributed by atoms with Crippen LogP contribution in [-0.2, 0) is 0 Å². The van der Waals surface area contributed by atoms with Crippen LogP contribution in [0.25, 0.3) is 10.9 Å². The van der Waals surface area contributed by atoms with Gasteiger partial charge in [0.05, 0.1) is 5.52 Å². The summed E-state index contributed by atoms with van der Waals surface area (Å²) in [5.74, 6) is -0.725. The van der Waals surface area contributed by atoms with E-state index in [-0.39, 0.29) is 17.6 Å². The molecule has 1 aromatic heterocycles. The van der Waals surface area contributed by atoms with Crippen LogP contribution < -0.4 is 0 Å². The average molecular weight is 361 g/mol. The van der Waals surface area contributed by atoms with Crippen molar-refractivity contribution in [2.75, 3.05) is 18.4 Å². The van der Waals surface area contributed by atoms with Gasteiger partial charge in [-0.1, -0.05) is 40.2 Å². The lowest BCUT2D eigenvalue weighted by molar-refractivity contribution is -0.140. The number of hydrogen-bond acceptors (Lipinski definition) is 2. The number of hydrogen-bond donors (Lipinski definition) is 0. The van der Waals surface area contributed by atoms with Gasteiger partial charge < -0.3 is 4.90 Å². The molecule has 0 spiro atoms. The van der Waals surface area contributed by atoms with Crippen molar-refractivity contribution in [1.82, 2.24) is 9.88 Å². The second-order valence-electron chi connectivity index (χ2n) is 4.42. The Morgan fingerprint density at radius 3 is 2.57 bits per heavy atom. The molecule has 112 valence electrons. The Kier molecular flexibility index (Phi) is 4.82. The van der Waals surface area contributed by atoms with Crippen LogP contribution in [0.2, 0.25) is 0 Å². The van der Waals surface area contributed by atoms with Crippen molar-refractivity contribution in [2.24, 2.45) is 0 Å². The molecule has 1 heterocycles. The second-order valence-corrected chi connectivity index (χ2v) is 5.21. The van der Waals surface area contributed by atoms with E-state index in [2.05, 4.69) is 20.9 Å². The number of rotatable bonds is 4. The van der Waals surface area contributed by atoms with E-state index in [0.29, 0.717) is 5.52 Å². The molecule has 21 heavy (non-hydrogen) atoms. The van der Waals surface area contributed by atoms with Gasteiger partial charge in [0.25, 0.3) is 5.91 Å². The van der Waals surface area contributed by atoms with Crippen LogP contribution in [0.5, 0.6) is 0 Å². The number of para-hydroxylation sites is 1. The number of fused-ring (bicyclic) bond motifs is 1. The lowest BCUT2D eigenvalue weighted by atomic mass is 10.2. The summed E-state index contributed by atoms with van der Waals surface area (Å²) in [4.78, 5) is 17.1. The Morgan fingerprint density at radius 1 is 1.19 bits per heavy atom. The first kappa shape index (κ1) is 15.8. The molecular weight excluding hydrogens is 349 g/mol. The molecule has 0 aliphatic carbocycles. The summed E-state index contributed by atoms with van der Waals surface area (Å²) < 4.78 is 37.6. The standard InChI is InChI=1S/C14H12BrF3N2O/c15-7-8-20(9-14(16,17)18)13(21)12-6-5-10-3-1-2-4-11(10)19-12/h1-6H,7-9H2.